The van der Waals surface area contributed by atoms with Crippen LogP contribution in [0.25, 0.3) is 0 Å². The average Bonchev–Trinajstić information content (AvgIpc) is 2.45. The molecular formula is C20H26O4. The van der Waals surface area contributed by atoms with Crippen molar-refractivity contribution in [2.75, 3.05) is 0 Å². The first-order valence-corrected chi connectivity index (χ1v) is 8.35. The van der Waals surface area contributed by atoms with Crippen LogP contribution in [0.5, 0.6) is 5.75 Å². The highest BCUT2D eigenvalue weighted by Crippen LogP contribution is 2.39. The highest BCUT2D eigenvalue weighted by atomic mass is 16.5. The minimum absolute atomic E-state index is 0.0443. The first-order valence-electron chi connectivity index (χ1n) is 8.35. The SMILES string of the molecule is C=C(C)C(=O)Oc1ccc(C(=O)OC2CC(C)CC(C)(C)C2)cc1. The Morgan fingerprint density at radius 2 is 1.79 bits per heavy atom. The van der Waals surface area contributed by atoms with E-state index < -0.39 is 5.97 Å². The lowest BCUT2D eigenvalue weighted by Gasteiger charge is -2.38. The van der Waals surface area contributed by atoms with Gasteiger partial charge in [0.25, 0.3) is 0 Å². The van der Waals surface area contributed by atoms with Crippen molar-refractivity contribution in [2.24, 2.45) is 11.3 Å². The maximum Gasteiger partial charge on any atom is 0.338 e. The van der Waals surface area contributed by atoms with Crippen LogP contribution < -0.4 is 4.74 Å². The van der Waals surface area contributed by atoms with Crippen molar-refractivity contribution in [1.82, 2.24) is 0 Å². The Bertz CT molecular complexity index is 628. The predicted octanol–water partition coefficient (Wildman–Crippen LogP) is 4.54. The molecule has 4 heteroatoms. The van der Waals surface area contributed by atoms with Crippen molar-refractivity contribution in [3.63, 3.8) is 0 Å². The standard InChI is InChI=1S/C20H26O4/c1-13(2)18(21)23-16-8-6-15(7-9-16)19(22)24-17-10-14(3)11-20(4,5)12-17/h6-9,14,17H,1,10-12H2,2-5H3. The Balaban J connectivity index is 1.97. The molecule has 130 valence electrons. The highest BCUT2D eigenvalue weighted by Gasteiger charge is 2.34. The lowest BCUT2D eigenvalue weighted by Crippen LogP contribution is -2.33. The molecule has 0 saturated heterocycles. The highest BCUT2D eigenvalue weighted by molar-refractivity contribution is 5.90. The van der Waals surface area contributed by atoms with Crippen molar-refractivity contribution >= 4 is 11.9 Å². The number of ether oxygens (including phenoxy) is 2. The summed E-state index contributed by atoms with van der Waals surface area (Å²) < 4.78 is 10.8. The fourth-order valence-electron chi connectivity index (χ4n) is 3.42. The van der Waals surface area contributed by atoms with Crippen LogP contribution in [0.4, 0.5) is 0 Å². The van der Waals surface area contributed by atoms with Crippen molar-refractivity contribution < 1.29 is 19.1 Å². The first-order chi connectivity index (χ1) is 11.2. The normalized spacial score (nSPS) is 22.5. The van der Waals surface area contributed by atoms with Crippen LogP contribution >= 0.6 is 0 Å². The van der Waals surface area contributed by atoms with E-state index in [2.05, 4.69) is 27.4 Å². The lowest BCUT2D eigenvalue weighted by molar-refractivity contribution is -0.130. The van der Waals surface area contributed by atoms with Gasteiger partial charge >= 0.3 is 11.9 Å². The van der Waals surface area contributed by atoms with Crippen LogP contribution in [0.15, 0.2) is 36.4 Å². The number of carbonyl (C=O) groups excluding carboxylic acids is 2. The third-order valence-corrected chi connectivity index (χ3v) is 4.27. The van der Waals surface area contributed by atoms with Crippen LogP contribution in [0, 0.1) is 11.3 Å². The number of esters is 2. The van der Waals surface area contributed by atoms with Gasteiger partial charge in [-0.1, -0.05) is 27.4 Å². The molecule has 0 heterocycles. The average molecular weight is 330 g/mol. The molecule has 1 saturated carbocycles. The molecule has 4 nitrogen and oxygen atoms in total. The van der Waals surface area contributed by atoms with Gasteiger partial charge in [-0.2, -0.15) is 0 Å². The molecule has 0 amide bonds. The first kappa shape index (κ1) is 18.2. The Morgan fingerprint density at radius 3 is 2.33 bits per heavy atom. The monoisotopic (exact) mass is 330 g/mol. The Hall–Kier alpha value is -2.10. The van der Waals surface area contributed by atoms with Gasteiger partial charge in [0.15, 0.2) is 0 Å². The zero-order valence-electron chi connectivity index (χ0n) is 14.9. The van der Waals surface area contributed by atoms with Crippen LogP contribution in [0.2, 0.25) is 0 Å². The molecule has 0 bridgehead atoms. The molecule has 1 aliphatic carbocycles. The molecule has 0 N–H and O–H groups in total. The van der Waals surface area contributed by atoms with Gasteiger partial charge in [0.2, 0.25) is 0 Å². The third kappa shape index (κ3) is 4.95. The Kier molecular flexibility index (Phi) is 5.47. The summed E-state index contributed by atoms with van der Waals surface area (Å²) in [7, 11) is 0. The summed E-state index contributed by atoms with van der Waals surface area (Å²) in [5.41, 5.74) is 0.983. The van der Waals surface area contributed by atoms with Crippen molar-refractivity contribution in [2.45, 2.75) is 53.1 Å². The summed E-state index contributed by atoms with van der Waals surface area (Å²) in [6, 6.07) is 6.40. The molecule has 24 heavy (non-hydrogen) atoms. The summed E-state index contributed by atoms with van der Waals surface area (Å²) in [6.45, 7) is 11.7. The van der Waals surface area contributed by atoms with Crippen LogP contribution in [0.3, 0.4) is 0 Å². The van der Waals surface area contributed by atoms with Crippen molar-refractivity contribution in [3.05, 3.63) is 42.0 Å². The fraction of sp³-hybridized carbons (Fsp3) is 0.500. The molecule has 1 aliphatic rings. The van der Waals surface area contributed by atoms with Crippen molar-refractivity contribution in [1.29, 1.82) is 0 Å². The van der Waals surface area contributed by atoms with E-state index in [1.165, 1.54) is 0 Å². The molecule has 1 aromatic rings. The molecule has 0 aliphatic heterocycles. The van der Waals surface area contributed by atoms with E-state index in [0.717, 1.165) is 19.3 Å². The fourth-order valence-corrected chi connectivity index (χ4v) is 3.42. The van der Waals surface area contributed by atoms with Gasteiger partial charge in [0.05, 0.1) is 5.56 Å². The summed E-state index contributed by atoms with van der Waals surface area (Å²) in [4.78, 5) is 23.8. The number of benzene rings is 1. The second-order valence-corrected chi connectivity index (χ2v) is 7.63. The topological polar surface area (TPSA) is 52.6 Å². The van der Waals surface area contributed by atoms with Crippen LogP contribution in [0.1, 0.15) is 57.3 Å². The van der Waals surface area contributed by atoms with Crippen LogP contribution in [-0.4, -0.2) is 18.0 Å². The molecule has 0 spiro atoms. The van der Waals surface area contributed by atoms with Gasteiger partial charge < -0.3 is 9.47 Å². The van der Waals surface area contributed by atoms with Gasteiger partial charge in [0, 0.05) is 5.57 Å². The van der Waals surface area contributed by atoms with Gasteiger partial charge in [-0.15, -0.1) is 0 Å². The molecule has 0 radical (unpaired) electrons. The van der Waals surface area contributed by atoms with Gasteiger partial charge in [-0.25, -0.2) is 9.59 Å². The largest absolute Gasteiger partial charge is 0.459 e. The quantitative estimate of drug-likeness (QED) is 0.462. The van der Waals surface area contributed by atoms with Crippen molar-refractivity contribution in [3.8, 4) is 5.75 Å². The number of hydrogen-bond donors (Lipinski definition) is 0. The zero-order chi connectivity index (χ0) is 17.9. The second kappa shape index (κ2) is 7.20. The van der Waals surface area contributed by atoms with Gasteiger partial charge in [-0.05, 0) is 61.8 Å². The Labute approximate surface area is 143 Å². The second-order valence-electron chi connectivity index (χ2n) is 7.63. The third-order valence-electron chi connectivity index (χ3n) is 4.27. The number of hydrogen-bond acceptors (Lipinski definition) is 4. The molecule has 2 rings (SSSR count). The zero-order valence-corrected chi connectivity index (χ0v) is 14.9. The van der Waals surface area contributed by atoms with Crippen LogP contribution in [-0.2, 0) is 9.53 Å². The minimum Gasteiger partial charge on any atom is -0.459 e. The van der Waals surface area contributed by atoms with E-state index in [4.69, 9.17) is 9.47 Å². The van der Waals surface area contributed by atoms with E-state index in [1.807, 2.05) is 0 Å². The molecule has 0 aromatic heterocycles. The maximum absolute atomic E-state index is 12.3. The maximum atomic E-state index is 12.3. The van der Waals surface area contributed by atoms with E-state index in [-0.39, 0.29) is 17.5 Å². The Morgan fingerprint density at radius 1 is 1.17 bits per heavy atom. The smallest absolute Gasteiger partial charge is 0.338 e. The van der Waals surface area contributed by atoms with E-state index >= 15 is 0 Å². The molecule has 2 atom stereocenters. The molecule has 1 aromatic carbocycles. The van der Waals surface area contributed by atoms with E-state index in [9.17, 15) is 9.59 Å². The minimum atomic E-state index is -0.483. The van der Waals surface area contributed by atoms with E-state index in [1.54, 1.807) is 31.2 Å². The molecule has 2 unspecified atom stereocenters. The van der Waals surface area contributed by atoms with E-state index in [0.29, 0.717) is 22.8 Å². The number of rotatable bonds is 4. The predicted molar refractivity (Wildman–Crippen MR) is 92.9 cm³/mol. The van der Waals surface area contributed by atoms with Gasteiger partial charge in [0.1, 0.15) is 11.9 Å². The summed E-state index contributed by atoms with van der Waals surface area (Å²) in [6.07, 6.45) is 2.90. The number of carbonyl (C=O) groups is 2. The summed E-state index contributed by atoms with van der Waals surface area (Å²) in [5, 5.41) is 0. The lowest BCUT2D eigenvalue weighted by atomic mass is 9.71. The molecule has 1 fully saturated rings. The summed E-state index contributed by atoms with van der Waals surface area (Å²) >= 11 is 0. The van der Waals surface area contributed by atoms with Gasteiger partial charge in [-0.3, -0.25) is 0 Å². The molecular weight excluding hydrogens is 304 g/mol. The summed E-state index contributed by atoms with van der Waals surface area (Å²) in [5.74, 6) is 0.119.